The first-order valence-corrected chi connectivity index (χ1v) is 10.5. The Morgan fingerprint density at radius 3 is 2.45 bits per heavy atom. The molecule has 0 bridgehead atoms. The van der Waals surface area contributed by atoms with Crippen LogP contribution in [0.1, 0.15) is 38.4 Å². The smallest absolute Gasteiger partial charge is 0.307 e. The number of aryl methyl sites for hydroxylation is 2. The van der Waals surface area contributed by atoms with Crippen LogP contribution in [-0.2, 0) is 13.1 Å². The van der Waals surface area contributed by atoms with E-state index in [1.165, 1.54) is 28.2 Å². The lowest BCUT2D eigenvalue weighted by Crippen LogP contribution is -2.13. The average Bonchev–Trinajstić information content (AvgIpc) is 3.36. The Morgan fingerprint density at radius 1 is 1.06 bits per heavy atom. The number of rotatable bonds is 7. The van der Waals surface area contributed by atoms with Crippen molar-refractivity contribution in [3.63, 3.8) is 0 Å². The number of carbonyl (C=O) groups excluding carboxylic acids is 1. The standard InChI is InChI=1S/C24H24N6O3/c1-16-6-4-5-7-21(16)14-29-18(3)23(17(2)27-29)26-24(31)20-10-8-19(9-11-20)13-28-15-22(12-25-28)30(32)33/h4-12,15H,13-14H2,1-3H3,(H,26,31). The van der Waals surface area contributed by atoms with E-state index in [0.29, 0.717) is 24.3 Å². The number of amides is 1. The quantitative estimate of drug-likeness (QED) is 0.338. The molecule has 0 aliphatic rings. The molecule has 0 radical (unpaired) electrons. The Kier molecular flexibility index (Phi) is 6.03. The van der Waals surface area contributed by atoms with Gasteiger partial charge >= 0.3 is 5.69 Å². The molecule has 4 rings (SSSR count). The molecule has 0 unspecified atom stereocenters. The summed E-state index contributed by atoms with van der Waals surface area (Å²) in [6.45, 7) is 6.90. The zero-order valence-corrected chi connectivity index (χ0v) is 18.6. The molecule has 168 valence electrons. The van der Waals surface area contributed by atoms with E-state index >= 15 is 0 Å². The second kappa shape index (κ2) is 9.07. The van der Waals surface area contributed by atoms with Gasteiger partial charge in [0.2, 0.25) is 0 Å². The van der Waals surface area contributed by atoms with E-state index in [0.717, 1.165) is 17.0 Å². The van der Waals surface area contributed by atoms with Crippen molar-refractivity contribution < 1.29 is 9.72 Å². The van der Waals surface area contributed by atoms with E-state index in [1.807, 2.05) is 42.8 Å². The van der Waals surface area contributed by atoms with Gasteiger partial charge in [0.05, 0.1) is 35.1 Å². The minimum atomic E-state index is -0.482. The first-order valence-electron chi connectivity index (χ1n) is 10.5. The molecule has 0 spiro atoms. The first kappa shape index (κ1) is 21.9. The van der Waals surface area contributed by atoms with Crippen LogP contribution in [0.3, 0.4) is 0 Å². The van der Waals surface area contributed by atoms with Crippen molar-refractivity contribution in [3.05, 3.63) is 105 Å². The lowest BCUT2D eigenvalue weighted by molar-refractivity contribution is -0.385. The Balaban J connectivity index is 1.45. The van der Waals surface area contributed by atoms with Crippen LogP contribution in [0, 0.1) is 30.9 Å². The molecule has 0 saturated heterocycles. The Morgan fingerprint density at radius 2 is 1.79 bits per heavy atom. The van der Waals surface area contributed by atoms with Crippen LogP contribution >= 0.6 is 0 Å². The van der Waals surface area contributed by atoms with Crippen LogP contribution in [-0.4, -0.2) is 30.4 Å². The third-order valence-corrected chi connectivity index (χ3v) is 5.59. The summed E-state index contributed by atoms with van der Waals surface area (Å²) < 4.78 is 3.39. The van der Waals surface area contributed by atoms with Crippen molar-refractivity contribution in [2.45, 2.75) is 33.9 Å². The van der Waals surface area contributed by atoms with Gasteiger partial charge in [0.1, 0.15) is 12.4 Å². The van der Waals surface area contributed by atoms with Gasteiger partial charge in [-0.05, 0) is 49.6 Å². The van der Waals surface area contributed by atoms with E-state index in [-0.39, 0.29) is 11.6 Å². The Hall–Kier alpha value is -4.27. The van der Waals surface area contributed by atoms with Gasteiger partial charge in [-0.1, -0.05) is 36.4 Å². The highest BCUT2D eigenvalue weighted by Gasteiger charge is 2.16. The maximum Gasteiger partial charge on any atom is 0.307 e. The number of hydrogen-bond donors (Lipinski definition) is 1. The number of hydrogen-bond acceptors (Lipinski definition) is 5. The molecule has 2 heterocycles. The van der Waals surface area contributed by atoms with Crippen molar-refractivity contribution >= 4 is 17.3 Å². The van der Waals surface area contributed by atoms with Crippen LogP contribution in [0.15, 0.2) is 60.9 Å². The van der Waals surface area contributed by atoms with Crippen molar-refractivity contribution in [2.24, 2.45) is 0 Å². The van der Waals surface area contributed by atoms with Gasteiger partial charge < -0.3 is 5.32 Å². The molecule has 9 nitrogen and oxygen atoms in total. The summed E-state index contributed by atoms with van der Waals surface area (Å²) in [5, 5.41) is 22.4. The highest BCUT2D eigenvalue weighted by atomic mass is 16.6. The molecule has 9 heteroatoms. The zero-order chi connectivity index (χ0) is 23.5. The number of benzene rings is 2. The van der Waals surface area contributed by atoms with Gasteiger partial charge in [0, 0.05) is 5.56 Å². The molecule has 0 aliphatic carbocycles. The van der Waals surface area contributed by atoms with Gasteiger partial charge in [-0.3, -0.25) is 24.3 Å². The summed E-state index contributed by atoms with van der Waals surface area (Å²) in [5.74, 6) is -0.224. The number of anilines is 1. The number of aromatic nitrogens is 4. The van der Waals surface area contributed by atoms with Crippen molar-refractivity contribution in [1.82, 2.24) is 19.6 Å². The van der Waals surface area contributed by atoms with Gasteiger partial charge in [-0.15, -0.1) is 0 Å². The van der Waals surface area contributed by atoms with E-state index < -0.39 is 4.92 Å². The minimum absolute atomic E-state index is 0.0558. The topological polar surface area (TPSA) is 108 Å². The van der Waals surface area contributed by atoms with E-state index in [4.69, 9.17) is 0 Å². The third kappa shape index (κ3) is 4.82. The second-order valence-electron chi connectivity index (χ2n) is 7.93. The minimum Gasteiger partial charge on any atom is -0.319 e. The summed E-state index contributed by atoms with van der Waals surface area (Å²) in [4.78, 5) is 23.2. The number of carbonyl (C=O) groups is 1. The molecule has 0 saturated carbocycles. The largest absolute Gasteiger partial charge is 0.319 e. The summed E-state index contributed by atoms with van der Waals surface area (Å²) in [5.41, 5.74) is 6.06. The maximum atomic E-state index is 12.8. The first-order chi connectivity index (χ1) is 15.8. The normalized spacial score (nSPS) is 10.9. The highest BCUT2D eigenvalue weighted by Crippen LogP contribution is 2.22. The second-order valence-corrected chi connectivity index (χ2v) is 7.93. The summed E-state index contributed by atoms with van der Waals surface area (Å²) in [6.07, 6.45) is 2.59. The van der Waals surface area contributed by atoms with Crippen molar-refractivity contribution in [3.8, 4) is 0 Å². The fourth-order valence-corrected chi connectivity index (χ4v) is 3.65. The van der Waals surface area contributed by atoms with Gasteiger partial charge in [0.15, 0.2) is 0 Å². The SMILES string of the molecule is Cc1ccccc1Cn1nc(C)c(NC(=O)c2ccc(Cn3cc([N+](=O)[O-])cn3)cc2)c1C. The van der Waals surface area contributed by atoms with Crippen LogP contribution < -0.4 is 5.32 Å². The number of nitro groups is 1. The maximum absolute atomic E-state index is 12.8. The van der Waals surface area contributed by atoms with Crippen LogP contribution in [0.2, 0.25) is 0 Å². The molecule has 2 aromatic carbocycles. The fourth-order valence-electron chi connectivity index (χ4n) is 3.65. The molecular formula is C24H24N6O3. The van der Waals surface area contributed by atoms with Gasteiger partial charge in [0.25, 0.3) is 5.91 Å². The number of nitrogens with one attached hydrogen (secondary N) is 1. The van der Waals surface area contributed by atoms with E-state index in [1.54, 1.807) is 12.1 Å². The molecule has 33 heavy (non-hydrogen) atoms. The molecule has 0 atom stereocenters. The van der Waals surface area contributed by atoms with Crippen molar-refractivity contribution in [2.75, 3.05) is 5.32 Å². The lowest BCUT2D eigenvalue weighted by atomic mass is 10.1. The molecular weight excluding hydrogens is 420 g/mol. The predicted octanol–water partition coefficient (Wildman–Crippen LogP) is 4.26. The zero-order valence-electron chi connectivity index (χ0n) is 18.6. The molecule has 0 aliphatic heterocycles. The Labute approximate surface area is 190 Å². The Bertz CT molecular complexity index is 1320. The molecule has 1 amide bonds. The van der Waals surface area contributed by atoms with Gasteiger partial charge in [-0.2, -0.15) is 10.2 Å². The third-order valence-electron chi connectivity index (χ3n) is 5.59. The molecule has 4 aromatic rings. The molecule has 0 fully saturated rings. The summed E-state index contributed by atoms with van der Waals surface area (Å²) in [7, 11) is 0. The number of nitrogens with zero attached hydrogens (tertiary/aromatic N) is 5. The predicted molar refractivity (Wildman–Crippen MR) is 124 cm³/mol. The molecule has 1 N–H and O–H groups in total. The van der Waals surface area contributed by atoms with Crippen LogP contribution in [0.25, 0.3) is 0 Å². The van der Waals surface area contributed by atoms with Gasteiger partial charge in [-0.25, -0.2) is 0 Å². The van der Waals surface area contributed by atoms with E-state index in [9.17, 15) is 14.9 Å². The lowest BCUT2D eigenvalue weighted by Gasteiger charge is -2.09. The molecule has 2 aromatic heterocycles. The fraction of sp³-hybridized carbons (Fsp3) is 0.208. The van der Waals surface area contributed by atoms with E-state index in [2.05, 4.69) is 34.6 Å². The van der Waals surface area contributed by atoms with Crippen LogP contribution in [0.5, 0.6) is 0 Å². The highest BCUT2D eigenvalue weighted by molar-refractivity contribution is 6.04. The summed E-state index contributed by atoms with van der Waals surface area (Å²) >= 11 is 0. The summed E-state index contributed by atoms with van der Waals surface area (Å²) in [6, 6.07) is 15.2. The van der Waals surface area contributed by atoms with Crippen LogP contribution in [0.4, 0.5) is 11.4 Å². The van der Waals surface area contributed by atoms with Crippen molar-refractivity contribution in [1.29, 1.82) is 0 Å². The average molecular weight is 444 g/mol. The monoisotopic (exact) mass is 444 g/mol.